The van der Waals surface area contributed by atoms with Crippen LogP contribution in [0.3, 0.4) is 0 Å². The van der Waals surface area contributed by atoms with Gasteiger partial charge in [-0.1, -0.05) is 0 Å². The zero-order chi connectivity index (χ0) is 12.8. The summed E-state index contributed by atoms with van der Waals surface area (Å²) in [5.41, 5.74) is 4.70. The molecule has 0 saturated carbocycles. The summed E-state index contributed by atoms with van der Waals surface area (Å²) in [4.78, 5) is 4.11. The Morgan fingerprint density at radius 1 is 1.38 bits per heavy atom. The fraction of sp³-hybridized carbons (Fsp3) is 0.909. The quantitative estimate of drug-likeness (QED) is 0.475. The van der Waals surface area contributed by atoms with Crippen LogP contribution in [0.1, 0.15) is 34.1 Å². The number of nitrogens with one attached hydrogen (secondary N) is 1. The van der Waals surface area contributed by atoms with E-state index in [0.29, 0.717) is 19.0 Å². The van der Waals surface area contributed by atoms with E-state index in [-0.39, 0.29) is 12.1 Å². The topological polar surface area (TPSA) is 79.9 Å². The average Bonchev–Trinajstić information content (AvgIpc) is 2.09. The molecule has 5 nitrogen and oxygen atoms in total. The van der Waals surface area contributed by atoms with E-state index in [1.54, 1.807) is 14.0 Å². The van der Waals surface area contributed by atoms with Crippen LogP contribution in [0.2, 0.25) is 0 Å². The van der Waals surface area contributed by atoms with Crippen molar-refractivity contribution in [2.45, 2.75) is 45.3 Å². The molecule has 0 radical (unpaired) electrons. The second-order valence-electron chi connectivity index (χ2n) is 5.32. The molecule has 0 spiro atoms. The minimum atomic E-state index is -0.875. The lowest BCUT2D eigenvalue weighted by Crippen LogP contribution is -2.45. The van der Waals surface area contributed by atoms with Crippen molar-refractivity contribution in [2.75, 3.05) is 20.3 Å². The van der Waals surface area contributed by atoms with Gasteiger partial charge in [-0.3, -0.25) is 4.99 Å². The molecule has 0 heterocycles. The minimum absolute atomic E-state index is 0.119. The zero-order valence-electron chi connectivity index (χ0n) is 11.0. The number of hydrogen-bond donors (Lipinski definition) is 3. The Morgan fingerprint density at radius 3 is 2.38 bits per heavy atom. The highest BCUT2D eigenvalue weighted by Crippen LogP contribution is 2.09. The van der Waals surface area contributed by atoms with Crippen LogP contribution in [0.15, 0.2) is 4.99 Å². The van der Waals surface area contributed by atoms with Crippen molar-refractivity contribution in [3.05, 3.63) is 0 Å². The first-order valence-corrected chi connectivity index (χ1v) is 5.46. The van der Waals surface area contributed by atoms with Crippen LogP contribution in [0.4, 0.5) is 0 Å². The number of guanidine groups is 1. The molecule has 0 aromatic carbocycles. The van der Waals surface area contributed by atoms with Gasteiger partial charge in [0, 0.05) is 25.7 Å². The van der Waals surface area contributed by atoms with Crippen molar-refractivity contribution < 1.29 is 9.84 Å². The second kappa shape index (κ2) is 6.06. The molecule has 0 aliphatic carbocycles. The van der Waals surface area contributed by atoms with E-state index in [4.69, 9.17) is 10.5 Å². The van der Waals surface area contributed by atoms with Crippen molar-refractivity contribution in [1.29, 1.82) is 0 Å². The number of rotatable bonds is 5. The third-order valence-electron chi connectivity index (χ3n) is 1.94. The predicted molar refractivity (Wildman–Crippen MR) is 66.5 cm³/mol. The van der Waals surface area contributed by atoms with Crippen LogP contribution in [0, 0.1) is 0 Å². The van der Waals surface area contributed by atoms with Crippen molar-refractivity contribution in [1.82, 2.24) is 5.32 Å². The van der Waals surface area contributed by atoms with E-state index >= 15 is 0 Å². The molecule has 16 heavy (non-hydrogen) atoms. The summed E-state index contributed by atoms with van der Waals surface area (Å²) >= 11 is 0. The smallest absolute Gasteiger partial charge is 0.189 e. The molecule has 96 valence electrons. The Bertz CT molecular complexity index is 232. The normalized spacial score (nSPS) is 17.0. The standard InChI is InChI=1S/C11H25N3O2/c1-10(2,3)14-9(12)13-8-11(4,15)6-7-16-5/h15H,6-8H2,1-5H3,(H3,12,13,14). The van der Waals surface area contributed by atoms with E-state index in [9.17, 15) is 5.11 Å². The van der Waals surface area contributed by atoms with Gasteiger partial charge in [0.2, 0.25) is 0 Å². The van der Waals surface area contributed by atoms with Gasteiger partial charge >= 0.3 is 0 Å². The number of ether oxygens (including phenoxy) is 1. The molecule has 1 unspecified atom stereocenters. The monoisotopic (exact) mass is 231 g/mol. The van der Waals surface area contributed by atoms with Crippen LogP contribution >= 0.6 is 0 Å². The van der Waals surface area contributed by atoms with Gasteiger partial charge in [-0.25, -0.2) is 0 Å². The molecule has 0 fully saturated rings. The molecule has 0 aromatic heterocycles. The number of aliphatic hydroxyl groups is 1. The summed E-state index contributed by atoms with van der Waals surface area (Å²) in [6.07, 6.45) is 0.537. The SMILES string of the molecule is COCCC(C)(O)CN=C(N)NC(C)(C)C. The van der Waals surface area contributed by atoms with Gasteiger partial charge in [-0.2, -0.15) is 0 Å². The average molecular weight is 231 g/mol. The Hall–Kier alpha value is -0.810. The molecule has 0 saturated heterocycles. The van der Waals surface area contributed by atoms with E-state index in [1.807, 2.05) is 20.8 Å². The first-order valence-electron chi connectivity index (χ1n) is 5.46. The lowest BCUT2D eigenvalue weighted by atomic mass is 10.0. The van der Waals surface area contributed by atoms with Gasteiger partial charge in [-0.15, -0.1) is 0 Å². The second-order valence-corrected chi connectivity index (χ2v) is 5.32. The van der Waals surface area contributed by atoms with Gasteiger partial charge in [-0.05, 0) is 27.7 Å². The molecule has 0 aliphatic rings. The first-order chi connectivity index (χ1) is 7.16. The summed E-state index contributed by atoms with van der Waals surface area (Å²) in [5.74, 6) is 0.352. The van der Waals surface area contributed by atoms with Crippen LogP contribution in [-0.4, -0.2) is 42.5 Å². The van der Waals surface area contributed by atoms with E-state index < -0.39 is 5.60 Å². The summed E-state index contributed by atoms with van der Waals surface area (Å²) in [6, 6.07) is 0. The molecule has 5 heteroatoms. The Labute approximate surface area is 98.1 Å². The van der Waals surface area contributed by atoms with Crippen LogP contribution in [0.5, 0.6) is 0 Å². The maximum atomic E-state index is 9.92. The predicted octanol–water partition coefficient (Wildman–Crippen LogP) is 0.477. The third-order valence-corrected chi connectivity index (χ3v) is 1.94. The van der Waals surface area contributed by atoms with E-state index in [1.165, 1.54) is 0 Å². The highest BCUT2D eigenvalue weighted by atomic mass is 16.5. The summed E-state index contributed by atoms with van der Waals surface area (Å²) in [5, 5.41) is 13.0. The number of nitrogens with two attached hydrogens (primary N) is 1. The minimum Gasteiger partial charge on any atom is -0.388 e. The van der Waals surface area contributed by atoms with E-state index in [0.717, 1.165) is 0 Å². The molecule has 0 aromatic rings. The lowest BCUT2D eigenvalue weighted by molar-refractivity contribution is 0.0325. The molecule has 0 bridgehead atoms. The summed E-state index contributed by atoms with van der Waals surface area (Å²) in [6.45, 7) is 8.50. The zero-order valence-corrected chi connectivity index (χ0v) is 11.0. The van der Waals surface area contributed by atoms with Gasteiger partial charge < -0.3 is 20.9 Å². The van der Waals surface area contributed by atoms with Gasteiger partial charge in [0.15, 0.2) is 5.96 Å². The highest BCUT2D eigenvalue weighted by Gasteiger charge is 2.20. The van der Waals surface area contributed by atoms with Crippen LogP contribution < -0.4 is 11.1 Å². The number of aliphatic imine (C=N–C) groups is 1. The number of nitrogens with zero attached hydrogens (tertiary/aromatic N) is 1. The Kier molecular flexibility index (Phi) is 5.75. The van der Waals surface area contributed by atoms with Crippen molar-refractivity contribution in [3.63, 3.8) is 0 Å². The maximum Gasteiger partial charge on any atom is 0.189 e. The molecule has 0 aliphatic heterocycles. The number of hydrogen-bond acceptors (Lipinski definition) is 3. The summed E-state index contributed by atoms with van der Waals surface area (Å²) < 4.78 is 4.91. The lowest BCUT2D eigenvalue weighted by Gasteiger charge is -2.23. The maximum absolute atomic E-state index is 9.92. The Morgan fingerprint density at radius 2 is 1.94 bits per heavy atom. The van der Waals surface area contributed by atoms with Crippen molar-refractivity contribution >= 4 is 5.96 Å². The van der Waals surface area contributed by atoms with Gasteiger partial charge in [0.05, 0.1) is 12.1 Å². The van der Waals surface area contributed by atoms with Gasteiger partial charge in [0.25, 0.3) is 0 Å². The van der Waals surface area contributed by atoms with Crippen LogP contribution in [-0.2, 0) is 4.74 Å². The molecule has 1 atom stereocenters. The molecule has 0 rings (SSSR count). The first kappa shape index (κ1) is 15.2. The largest absolute Gasteiger partial charge is 0.388 e. The molecule has 4 N–H and O–H groups in total. The molecular formula is C11H25N3O2. The highest BCUT2D eigenvalue weighted by molar-refractivity contribution is 5.78. The van der Waals surface area contributed by atoms with Crippen molar-refractivity contribution in [2.24, 2.45) is 10.7 Å². The molecule has 0 amide bonds. The summed E-state index contributed by atoms with van der Waals surface area (Å²) in [7, 11) is 1.61. The number of methoxy groups -OCH3 is 1. The third kappa shape index (κ3) is 8.49. The van der Waals surface area contributed by atoms with Gasteiger partial charge in [0.1, 0.15) is 0 Å². The molecular weight excluding hydrogens is 206 g/mol. The fourth-order valence-electron chi connectivity index (χ4n) is 1.08. The van der Waals surface area contributed by atoms with E-state index in [2.05, 4.69) is 10.3 Å². The van der Waals surface area contributed by atoms with Crippen molar-refractivity contribution in [3.8, 4) is 0 Å². The Balaban J connectivity index is 4.14. The fourth-order valence-corrected chi connectivity index (χ4v) is 1.08. The van der Waals surface area contributed by atoms with Crippen LogP contribution in [0.25, 0.3) is 0 Å².